The molecule has 0 amide bonds. The third-order valence-corrected chi connectivity index (χ3v) is 1.89. The number of hydrogen-bond donors (Lipinski definition) is 0. The summed E-state index contributed by atoms with van der Waals surface area (Å²) in [7, 11) is 0. The number of hydrogen-bond acceptors (Lipinski definition) is 2. The lowest BCUT2D eigenvalue weighted by Crippen LogP contribution is -1.98. The molecule has 2 nitrogen and oxygen atoms in total. The zero-order valence-corrected chi connectivity index (χ0v) is 8.49. The summed E-state index contributed by atoms with van der Waals surface area (Å²) in [5.74, 6) is 0.595. The topological polar surface area (TPSA) is 26.3 Å². The van der Waals surface area contributed by atoms with Gasteiger partial charge in [-0.05, 0) is 12.0 Å². The fraction of sp³-hybridized carbons (Fsp3) is 0.250. The molecule has 0 aromatic rings. The van der Waals surface area contributed by atoms with E-state index in [2.05, 4.69) is 13.5 Å². The third kappa shape index (κ3) is 2.73. The van der Waals surface area contributed by atoms with Gasteiger partial charge in [0.15, 0.2) is 0 Å². The van der Waals surface area contributed by atoms with Gasteiger partial charge in [0.1, 0.15) is 5.76 Å². The van der Waals surface area contributed by atoms with Crippen molar-refractivity contribution in [2.45, 2.75) is 13.8 Å². The summed E-state index contributed by atoms with van der Waals surface area (Å²) in [5.41, 5.74) is 0.834. The van der Waals surface area contributed by atoms with Crippen LogP contribution in [0.15, 0.2) is 48.3 Å². The van der Waals surface area contributed by atoms with Crippen LogP contribution in [0.1, 0.15) is 13.8 Å². The fourth-order valence-corrected chi connectivity index (χ4v) is 1.15. The van der Waals surface area contributed by atoms with Gasteiger partial charge < -0.3 is 4.74 Å². The van der Waals surface area contributed by atoms with Crippen molar-refractivity contribution in [3.05, 3.63) is 48.3 Å². The first-order valence-electron chi connectivity index (χ1n) is 4.55. The van der Waals surface area contributed by atoms with Crippen LogP contribution in [0.2, 0.25) is 0 Å². The highest BCUT2D eigenvalue weighted by Crippen LogP contribution is 2.17. The maximum absolute atomic E-state index is 10.8. The van der Waals surface area contributed by atoms with E-state index in [9.17, 15) is 4.79 Å². The Morgan fingerprint density at radius 1 is 1.50 bits per heavy atom. The summed E-state index contributed by atoms with van der Waals surface area (Å²) in [6.45, 7) is 7.12. The summed E-state index contributed by atoms with van der Waals surface area (Å²) in [6, 6.07) is 0. The number of carbonyl (C=O) groups excluding carboxylic acids is 1. The summed E-state index contributed by atoms with van der Waals surface area (Å²) >= 11 is 0. The second-order valence-corrected chi connectivity index (χ2v) is 3.19. The smallest absolute Gasteiger partial charge is 0.308 e. The molecule has 0 fully saturated rings. The minimum Gasteiger partial charge on any atom is -0.426 e. The first-order chi connectivity index (χ1) is 6.63. The van der Waals surface area contributed by atoms with Crippen LogP contribution in [-0.2, 0) is 9.53 Å². The molecule has 14 heavy (non-hydrogen) atoms. The van der Waals surface area contributed by atoms with Crippen LogP contribution >= 0.6 is 0 Å². The largest absolute Gasteiger partial charge is 0.426 e. The van der Waals surface area contributed by atoms with Crippen molar-refractivity contribution >= 4 is 5.97 Å². The third-order valence-electron chi connectivity index (χ3n) is 1.89. The first-order valence-corrected chi connectivity index (χ1v) is 4.55. The summed E-state index contributed by atoms with van der Waals surface area (Å²) in [6.07, 6.45) is 9.41. The Labute approximate surface area is 84.3 Å². The van der Waals surface area contributed by atoms with Crippen molar-refractivity contribution in [2.75, 3.05) is 0 Å². The predicted molar refractivity (Wildman–Crippen MR) is 56.4 cm³/mol. The molecule has 2 heteroatoms. The molecule has 0 radical (unpaired) electrons. The molecule has 0 saturated heterocycles. The van der Waals surface area contributed by atoms with Crippen molar-refractivity contribution in [1.82, 2.24) is 0 Å². The molecular formula is C12H14O2. The van der Waals surface area contributed by atoms with Crippen molar-refractivity contribution in [3.63, 3.8) is 0 Å². The molecule has 0 aromatic carbocycles. The molecule has 0 aromatic heterocycles. The van der Waals surface area contributed by atoms with Gasteiger partial charge in [0.05, 0.1) is 0 Å². The van der Waals surface area contributed by atoms with E-state index in [1.807, 2.05) is 24.3 Å². The van der Waals surface area contributed by atoms with Gasteiger partial charge in [-0.3, -0.25) is 4.79 Å². The second-order valence-electron chi connectivity index (χ2n) is 3.19. The van der Waals surface area contributed by atoms with Gasteiger partial charge in [0.2, 0.25) is 0 Å². The van der Waals surface area contributed by atoms with E-state index in [0.717, 1.165) is 5.57 Å². The highest BCUT2D eigenvalue weighted by Gasteiger charge is 2.06. The van der Waals surface area contributed by atoms with E-state index < -0.39 is 0 Å². The second kappa shape index (κ2) is 4.61. The van der Waals surface area contributed by atoms with Crippen molar-refractivity contribution in [2.24, 2.45) is 5.92 Å². The lowest BCUT2D eigenvalue weighted by molar-refractivity contribution is -0.136. The standard InChI is InChI=1S/C12H14O2/c1-4-11-7-5-9(2)6-8-12(11)14-10(3)13/h4-9H,1H2,2-3H3. The molecule has 1 rings (SSSR count). The lowest BCUT2D eigenvalue weighted by atomic mass is 10.1. The normalized spacial score (nSPS) is 20.6. The summed E-state index contributed by atoms with van der Waals surface area (Å²) in [5, 5.41) is 0. The first kappa shape index (κ1) is 10.5. The molecular weight excluding hydrogens is 176 g/mol. The van der Waals surface area contributed by atoms with Gasteiger partial charge in [0, 0.05) is 12.5 Å². The Kier molecular flexibility index (Phi) is 3.46. The lowest BCUT2D eigenvalue weighted by Gasteiger charge is -2.03. The molecule has 1 aliphatic carbocycles. The molecule has 1 atom stereocenters. The highest BCUT2D eigenvalue weighted by atomic mass is 16.5. The molecule has 0 saturated carbocycles. The SMILES string of the molecule is C=CC1=C(OC(C)=O)C=CC(C)C=C1. The van der Waals surface area contributed by atoms with Crippen molar-refractivity contribution < 1.29 is 9.53 Å². The molecule has 0 N–H and O–H groups in total. The number of esters is 1. The van der Waals surface area contributed by atoms with Crippen molar-refractivity contribution in [3.8, 4) is 0 Å². The molecule has 74 valence electrons. The highest BCUT2D eigenvalue weighted by molar-refractivity contribution is 5.68. The maximum Gasteiger partial charge on any atom is 0.308 e. The Bertz CT molecular complexity index is 332. The summed E-state index contributed by atoms with van der Waals surface area (Å²) < 4.78 is 5.05. The number of carbonyl (C=O) groups is 1. The molecule has 0 bridgehead atoms. The van der Waals surface area contributed by atoms with Gasteiger partial charge in [-0.2, -0.15) is 0 Å². The Morgan fingerprint density at radius 2 is 2.14 bits per heavy atom. The van der Waals surface area contributed by atoms with Crippen LogP contribution in [0.4, 0.5) is 0 Å². The number of allylic oxidation sites excluding steroid dienone is 6. The molecule has 0 spiro atoms. The van der Waals surface area contributed by atoms with Gasteiger partial charge in [-0.25, -0.2) is 0 Å². The van der Waals surface area contributed by atoms with Crippen molar-refractivity contribution in [1.29, 1.82) is 0 Å². The zero-order chi connectivity index (χ0) is 10.6. The van der Waals surface area contributed by atoms with Gasteiger partial charge in [-0.15, -0.1) is 0 Å². The van der Waals surface area contributed by atoms with E-state index in [1.54, 1.807) is 6.08 Å². The van der Waals surface area contributed by atoms with Gasteiger partial charge in [0.25, 0.3) is 0 Å². The van der Waals surface area contributed by atoms with E-state index >= 15 is 0 Å². The fourth-order valence-electron chi connectivity index (χ4n) is 1.15. The van der Waals surface area contributed by atoms with E-state index in [4.69, 9.17) is 4.74 Å². The average Bonchev–Trinajstić information content (AvgIpc) is 2.28. The molecule has 0 heterocycles. The maximum atomic E-state index is 10.8. The van der Waals surface area contributed by atoms with Gasteiger partial charge in [-0.1, -0.05) is 37.8 Å². The van der Waals surface area contributed by atoms with Crippen LogP contribution in [0.3, 0.4) is 0 Å². The number of ether oxygens (including phenoxy) is 1. The quantitative estimate of drug-likeness (QED) is 0.626. The number of rotatable bonds is 2. The average molecular weight is 190 g/mol. The molecule has 0 aliphatic heterocycles. The monoisotopic (exact) mass is 190 g/mol. The summed E-state index contributed by atoms with van der Waals surface area (Å²) in [4.78, 5) is 10.8. The van der Waals surface area contributed by atoms with E-state index in [0.29, 0.717) is 11.7 Å². The van der Waals surface area contributed by atoms with Gasteiger partial charge >= 0.3 is 5.97 Å². The van der Waals surface area contributed by atoms with E-state index in [1.165, 1.54) is 6.92 Å². The Morgan fingerprint density at radius 3 is 2.71 bits per heavy atom. The van der Waals surface area contributed by atoms with Crippen LogP contribution in [0.5, 0.6) is 0 Å². The minimum absolute atomic E-state index is 0.313. The van der Waals surface area contributed by atoms with Crippen LogP contribution in [-0.4, -0.2) is 5.97 Å². The van der Waals surface area contributed by atoms with Crippen LogP contribution in [0, 0.1) is 5.92 Å². The Balaban J connectivity index is 3.00. The predicted octanol–water partition coefficient (Wildman–Crippen LogP) is 2.75. The minimum atomic E-state index is -0.313. The van der Waals surface area contributed by atoms with Crippen LogP contribution < -0.4 is 0 Å². The molecule has 1 aliphatic rings. The Hall–Kier alpha value is -1.57. The zero-order valence-electron chi connectivity index (χ0n) is 8.49. The van der Waals surface area contributed by atoms with Crippen LogP contribution in [0.25, 0.3) is 0 Å². The van der Waals surface area contributed by atoms with E-state index in [-0.39, 0.29) is 5.97 Å². The molecule has 1 unspecified atom stereocenters.